The fourth-order valence-corrected chi connectivity index (χ4v) is 17.0. The summed E-state index contributed by atoms with van der Waals surface area (Å²) in [7, 11) is 150. The summed E-state index contributed by atoms with van der Waals surface area (Å²) in [6, 6.07) is 48.1. The number of fused-ring (bicyclic) bond motifs is 6. The number of hydrogen-bond acceptors (Lipinski definition) is 0. The van der Waals surface area contributed by atoms with Crippen LogP contribution in [0.1, 0.15) is 0 Å². The Morgan fingerprint density at radius 2 is 0.571 bits per heavy atom. The van der Waals surface area contributed by atoms with E-state index in [4.69, 9.17) is 173 Å². The topological polar surface area (TPSA) is 9.86 Å². The van der Waals surface area contributed by atoms with Gasteiger partial charge in [-0.05, 0) is 99.8 Å². The molecule has 0 aliphatic heterocycles. The summed E-state index contributed by atoms with van der Waals surface area (Å²) in [6.45, 7) is 0. The standard InChI is InChI=1S/C66H24B22N2S/c67-41-36(48(74)64-39(46(41)72)40-47(73)53(79)57(83)60(86)65(40)90(64)66-61(87)58(84)56(82)59(85)62(66)88)25-20-21-35-31(22-25)30-18-10-11-19-34(30)89(35)63-32(37-42(68)49(75)54(80)50(76)43(37)69)23-29(24-33(63)38-44(70)51(77)55(81)52(78)45(38)71)91(26-12-4-1-5-13-26,27-14-6-2-7-15-27)28-16-8-3-9-17-28/h1-24H. The zero-order valence-electron chi connectivity index (χ0n) is 48.9. The van der Waals surface area contributed by atoms with E-state index in [0.29, 0.717) is 38.8 Å². The van der Waals surface area contributed by atoms with Gasteiger partial charge in [-0.25, -0.2) is 0 Å². The molecule has 0 spiro atoms. The molecule has 11 aromatic carbocycles. The fourth-order valence-electron chi connectivity index (χ4n) is 13.0. The first-order valence-corrected chi connectivity index (χ1v) is 29.8. The van der Waals surface area contributed by atoms with Crippen LogP contribution in [0.25, 0.3) is 88.4 Å². The second-order valence-electron chi connectivity index (χ2n) is 22.4. The van der Waals surface area contributed by atoms with Gasteiger partial charge in [-0.15, -0.1) is 70.1 Å². The molecule has 91 heavy (non-hydrogen) atoms. The second-order valence-corrected chi connectivity index (χ2v) is 25.5. The van der Waals surface area contributed by atoms with Crippen LogP contribution in [-0.4, -0.2) is 182 Å². The lowest BCUT2D eigenvalue weighted by atomic mass is 9.58. The van der Waals surface area contributed by atoms with Crippen LogP contribution >= 0.6 is 10.0 Å². The summed E-state index contributed by atoms with van der Waals surface area (Å²) in [4.78, 5) is 3.64. The molecule has 0 atom stereocenters. The molecule has 0 aliphatic carbocycles. The van der Waals surface area contributed by atoms with Crippen LogP contribution in [0.2, 0.25) is 0 Å². The quantitative estimate of drug-likeness (QED) is 0.128. The van der Waals surface area contributed by atoms with E-state index in [1.165, 1.54) is 0 Å². The van der Waals surface area contributed by atoms with E-state index >= 15 is 0 Å². The third-order valence-corrected chi connectivity index (χ3v) is 21.5. The summed E-state index contributed by atoms with van der Waals surface area (Å²) >= 11 is 0. The minimum atomic E-state index is -2.61. The van der Waals surface area contributed by atoms with Crippen LogP contribution in [0.4, 0.5) is 0 Å². The van der Waals surface area contributed by atoms with Crippen LogP contribution < -0.4 is 120 Å². The van der Waals surface area contributed by atoms with Crippen molar-refractivity contribution in [2.24, 2.45) is 0 Å². The summed E-state index contributed by atoms with van der Waals surface area (Å²) in [5.41, 5.74) is 4.16. The first kappa shape index (κ1) is 62.6. The normalized spacial score (nSPS) is 12.0. The lowest BCUT2D eigenvalue weighted by Crippen LogP contribution is -2.56. The number of aromatic nitrogens is 2. The van der Waals surface area contributed by atoms with Crippen molar-refractivity contribution in [3.05, 3.63) is 146 Å². The first-order chi connectivity index (χ1) is 43.4. The zero-order chi connectivity index (χ0) is 64.9. The lowest BCUT2D eigenvalue weighted by Gasteiger charge is -2.43. The molecule has 2 heterocycles. The van der Waals surface area contributed by atoms with Crippen LogP contribution in [0.5, 0.6) is 0 Å². The monoisotopic (exact) mass is 1120 g/mol. The van der Waals surface area contributed by atoms with Gasteiger partial charge in [0, 0.05) is 58.2 Å². The van der Waals surface area contributed by atoms with Crippen LogP contribution in [0.15, 0.2) is 165 Å². The number of benzene rings is 11. The maximum Gasteiger partial charge on any atom is 0.117 e. The summed E-state index contributed by atoms with van der Waals surface area (Å²) in [6.07, 6.45) is 0. The van der Waals surface area contributed by atoms with Gasteiger partial charge in [-0.2, -0.15) is 0 Å². The molecule has 0 N–H and O–H groups in total. The first-order valence-electron chi connectivity index (χ1n) is 28.2. The smallest absolute Gasteiger partial charge is 0.117 e. The molecule has 13 rings (SSSR count). The Hall–Kier alpha value is -7.20. The van der Waals surface area contributed by atoms with Gasteiger partial charge < -0.3 is 9.13 Å². The summed E-state index contributed by atoms with van der Waals surface area (Å²) in [5, 5.41) is 1.90. The average Bonchev–Trinajstić information content (AvgIpc) is 1.65. The Bertz CT molecular complexity index is 5050. The van der Waals surface area contributed by atoms with Crippen molar-refractivity contribution in [3.8, 4) is 44.8 Å². The molecular weight excluding hydrogens is 1090 g/mol. The largest absolute Gasteiger partial charge is 0.312 e. The molecular formula is C66H24B22N2S. The van der Waals surface area contributed by atoms with Gasteiger partial charge in [0.2, 0.25) is 0 Å². The number of hydrogen-bond donors (Lipinski definition) is 0. The Morgan fingerprint density at radius 1 is 0.231 bits per heavy atom. The predicted octanol–water partition coefficient (Wildman–Crippen LogP) is -8.31. The highest BCUT2D eigenvalue weighted by Crippen LogP contribution is 2.74. The Kier molecular flexibility index (Phi) is 15.9. The minimum absolute atomic E-state index is 0.00179. The molecule has 0 amide bonds. The highest BCUT2D eigenvalue weighted by Gasteiger charge is 2.37. The molecule has 25 heteroatoms. The van der Waals surface area contributed by atoms with E-state index in [1.54, 1.807) is 4.57 Å². The Morgan fingerprint density at radius 3 is 1.02 bits per heavy atom. The molecule has 44 radical (unpaired) electrons. The van der Waals surface area contributed by atoms with Gasteiger partial charge in [0.15, 0.2) is 0 Å². The second kappa shape index (κ2) is 23.1. The van der Waals surface area contributed by atoms with Gasteiger partial charge in [0.25, 0.3) is 0 Å². The summed E-state index contributed by atoms with van der Waals surface area (Å²) in [5.74, 6) is 0. The maximum atomic E-state index is 7.55. The van der Waals surface area contributed by atoms with E-state index in [-0.39, 0.29) is 164 Å². The van der Waals surface area contributed by atoms with E-state index in [1.807, 2.05) is 102 Å². The molecule has 0 bridgehead atoms. The van der Waals surface area contributed by atoms with E-state index in [0.717, 1.165) is 25.0 Å². The molecule has 2 aromatic heterocycles. The Balaban J connectivity index is 1.22. The van der Waals surface area contributed by atoms with Crippen molar-refractivity contribution in [1.29, 1.82) is 0 Å². The zero-order valence-corrected chi connectivity index (χ0v) is 49.7. The lowest BCUT2D eigenvalue weighted by molar-refractivity contribution is 1.17. The van der Waals surface area contributed by atoms with Crippen LogP contribution in [0, 0.1) is 0 Å². The number of para-hydroxylation sites is 1. The van der Waals surface area contributed by atoms with Gasteiger partial charge in [-0.1, -0.05) is 139 Å². The average molecular weight is 1110 g/mol. The molecule has 0 unspecified atom stereocenters. The van der Waals surface area contributed by atoms with Crippen molar-refractivity contribution in [3.63, 3.8) is 0 Å². The molecule has 0 aliphatic rings. The van der Waals surface area contributed by atoms with Gasteiger partial charge in [0.1, 0.15) is 173 Å². The van der Waals surface area contributed by atoms with E-state index < -0.39 is 10.0 Å². The van der Waals surface area contributed by atoms with Crippen molar-refractivity contribution in [1.82, 2.24) is 9.13 Å². The fraction of sp³-hybridized carbons (Fsp3) is 0. The maximum absolute atomic E-state index is 7.55. The highest BCUT2D eigenvalue weighted by molar-refractivity contribution is 8.34. The van der Waals surface area contributed by atoms with Crippen molar-refractivity contribution >= 4 is 346 Å². The van der Waals surface area contributed by atoms with Crippen LogP contribution in [0.3, 0.4) is 0 Å². The van der Waals surface area contributed by atoms with E-state index in [9.17, 15) is 0 Å². The van der Waals surface area contributed by atoms with Crippen molar-refractivity contribution in [2.45, 2.75) is 19.6 Å². The molecule has 0 saturated carbocycles. The predicted molar refractivity (Wildman–Crippen MR) is 410 cm³/mol. The summed E-state index contributed by atoms with van der Waals surface area (Å²) < 4.78 is 3.60. The van der Waals surface area contributed by atoms with Gasteiger partial charge >= 0.3 is 0 Å². The third-order valence-electron chi connectivity index (χ3n) is 17.7. The number of nitrogens with zero attached hydrogens (tertiary/aromatic N) is 2. The number of rotatable bonds is 9. The van der Waals surface area contributed by atoms with Gasteiger partial charge in [-0.3, -0.25) is 0 Å². The minimum Gasteiger partial charge on any atom is -0.312 e. The highest BCUT2D eigenvalue weighted by atomic mass is 32.3. The molecule has 13 aromatic rings. The SMILES string of the molecule is [B]c1c([B])c([B])c(-c2cc(S(c3ccccc3)(c3ccccc3)c3ccccc3)cc(-c3c([B])c([B])c([B])c([B])c3[B])c2-n2c3ccccc3c3cc(-c4c([B])c([B])c5c6c([B])c([B])c([B])c([B])c6n(-c6c([B])c([B])c([B])c([B])c6[B])c5c4[B])ccc32)c([B])c1[B]. The molecule has 0 saturated heterocycles. The van der Waals surface area contributed by atoms with Crippen molar-refractivity contribution < 1.29 is 0 Å². The molecule has 0 fully saturated rings. The molecule has 370 valence electrons. The van der Waals surface area contributed by atoms with Gasteiger partial charge in [0.05, 0.1) is 16.7 Å². The molecule has 2 nitrogen and oxygen atoms in total. The Labute approximate surface area is 561 Å². The third kappa shape index (κ3) is 9.02. The van der Waals surface area contributed by atoms with Crippen molar-refractivity contribution in [2.75, 3.05) is 0 Å². The van der Waals surface area contributed by atoms with E-state index in [2.05, 4.69) is 48.5 Å². The van der Waals surface area contributed by atoms with Crippen LogP contribution in [-0.2, 0) is 0 Å².